The van der Waals surface area contributed by atoms with Crippen LogP contribution in [-0.2, 0) is 19.1 Å². The number of esters is 2. The quantitative estimate of drug-likeness (QED) is 0.0283. The van der Waals surface area contributed by atoms with E-state index in [-0.39, 0.29) is 25.2 Å². The predicted molar refractivity (Wildman–Crippen MR) is 220 cm³/mol. The molecule has 0 heterocycles. The summed E-state index contributed by atoms with van der Waals surface area (Å²) in [6.07, 6.45) is 45.4. The lowest BCUT2D eigenvalue weighted by Crippen LogP contribution is -2.25. The van der Waals surface area contributed by atoms with Gasteiger partial charge in [0.2, 0.25) is 0 Å². The van der Waals surface area contributed by atoms with Crippen LogP contribution in [0.2, 0.25) is 0 Å². The average molecular weight is 733 g/mol. The fourth-order valence-electron chi connectivity index (χ4n) is 6.28. The fourth-order valence-corrected chi connectivity index (χ4v) is 6.28. The lowest BCUT2D eigenvalue weighted by Gasteiger charge is -2.12. The molecule has 0 saturated carbocycles. The van der Waals surface area contributed by atoms with Gasteiger partial charge in [-0.05, 0) is 44.4 Å². The van der Waals surface area contributed by atoms with Gasteiger partial charge in [0, 0.05) is 12.8 Å². The maximum absolute atomic E-state index is 12.0. The highest BCUT2D eigenvalue weighted by atomic mass is 16.6. The number of carbonyl (C=O) groups excluding carboxylic acids is 2. The molecule has 0 aliphatic rings. The van der Waals surface area contributed by atoms with Gasteiger partial charge in [-0.15, -0.1) is 0 Å². The molecule has 2 N–H and O–H groups in total. The van der Waals surface area contributed by atoms with E-state index in [1.54, 1.807) is 0 Å². The van der Waals surface area contributed by atoms with Crippen LogP contribution < -0.4 is 0 Å². The number of ether oxygens (including phenoxy) is 2. The van der Waals surface area contributed by atoms with Crippen molar-refractivity contribution in [3.05, 3.63) is 36.5 Å². The van der Waals surface area contributed by atoms with E-state index in [1.807, 2.05) is 24.3 Å². The van der Waals surface area contributed by atoms with Gasteiger partial charge >= 0.3 is 11.9 Å². The molecular weight excluding hydrogens is 648 g/mol. The van der Waals surface area contributed by atoms with Crippen molar-refractivity contribution in [3.8, 4) is 0 Å². The van der Waals surface area contributed by atoms with E-state index in [4.69, 9.17) is 9.47 Å². The molecule has 0 rings (SSSR count). The van der Waals surface area contributed by atoms with E-state index in [1.165, 1.54) is 109 Å². The average Bonchev–Trinajstić information content (AvgIpc) is 3.14. The van der Waals surface area contributed by atoms with Gasteiger partial charge in [-0.25, -0.2) is 0 Å². The maximum Gasteiger partial charge on any atom is 0.305 e. The number of carbonyl (C=O) groups is 2. The molecule has 6 heteroatoms. The number of hydrogen-bond acceptors (Lipinski definition) is 6. The third-order valence-corrected chi connectivity index (χ3v) is 10.0. The van der Waals surface area contributed by atoms with Crippen LogP contribution in [0.3, 0.4) is 0 Å². The molecule has 52 heavy (non-hydrogen) atoms. The van der Waals surface area contributed by atoms with Crippen LogP contribution in [0.4, 0.5) is 0 Å². The number of aliphatic hydroxyl groups is 2. The highest BCUT2D eigenvalue weighted by Crippen LogP contribution is 2.17. The van der Waals surface area contributed by atoms with Crippen LogP contribution in [0.1, 0.15) is 213 Å². The minimum atomic E-state index is -0.985. The molecule has 0 radical (unpaired) electrons. The number of rotatable bonds is 39. The molecule has 0 amide bonds. The Morgan fingerprint density at radius 2 is 0.962 bits per heavy atom. The number of allylic oxidation sites excluding steroid dienone is 4. The second-order valence-electron chi connectivity index (χ2n) is 15.2. The third-order valence-electron chi connectivity index (χ3n) is 10.0. The Kier molecular flexibility index (Phi) is 38.8. The Morgan fingerprint density at radius 1 is 0.538 bits per heavy atom. The molecule has 0 bridgehead atoms. The Hall–Kier alpha value is -1.92. The Bertz CT molecular complexity index is 865. The van der Waals surface area contributed by atoms with Crippen molar-refractivity contribution in [3.63, 3.8) is 0 Å². The van der Waals surface area contributed by atoms with Crippen LogP contribution in [0.25, 0.3) is 0 Å². The molecule has 0 fully saturated rings. The highest BCUT2D eigenvalue weighted by molar-refractivity contribution is 5.69. The smallest absolute Gasteiger partial charge is 0.305 e. The molecule has 0 aliphatic carbocycles. The standard InChI is InChI=1S/C46H84O6/c1-4-6-30-36-43(47)37-32-27-23-19-17-21-25-29-34-39-46(50)52-41-44(48)40-51-45(49)38-33-28-24-20-16-14-12-10-8-7-9-11-13-15-18-22-26-31-35-42(3)5-2/h6,23,27,30,32,37,42-44,47-48H,4-5,7-22,24-26,28-29,31,33-36,38-41H2,1-3H3/b27-23+,30-6+,37-32+/t42?,43?,44-/m0/s1. The summed E-state index contributed by atoms with van der Waals surface area (Å²) >= 11 is 0. The molecule has 3 atom stereocenters. The molecule has 0 saturated heterocycles. The lowest BCUT2D eigenvalue weighted by molar-refractivity contribution is -0.152. The van der Waals surface area contributed by atoms with Gasteiger partial charge in [0.15, 0.2) is 0 Å². The van der Waals surface area contributed by atoms with Crippen LogP contribution in [-0.4, -0.2) is 47.6 Å². The first-order valence-electron chi connectivity index (χ1n) is 22.0. The minimum Gasteiger partial charge on any atom is -0.463 e. The third kappa shape index (κ3) is 39.3. The van der Waals surface area contributed by atoms with Crippen molar-refractivity contribution in [1.29, 1.82) is 0 Å². The molecule has 0 aliphatic heterocycles. The second-order valence-corrected chi connectivity index (χ2v) is 15.2. The van der Waals surface area contributed by atoms with Crippen LogP contribution >= 0.6 is 0 Å². The minimum absolute atomic E-state index is 0.133. The zero-order valence-corrected chi connectivity index (χ0v) is 34.4. The van der Waals surface area contributed by atoms with Gasteiger partial charge in [-0.1, -0.05) is 198 Å². The van der Waals surface area contributed by atoms with Crippen molar-refractivity contribution < 1.29 is 29.3 Å². The van der Waals surface area contributed by atoms with Gasteiger partial charge in [-0.2, -0.15) is 0 Å². The number of aliphatic hydroxyl groups excluding tert-OH is 2. The van der Waals surface area contributed by atoms with Crippen LogP contribution in [0, 0.1) is 5.92 Å². The Morgan fingerprint density at radius 3 is 1.40 bits per heavy atom. The molecule has 304 valence electrons. The summed E-state index contributed by atoms with van der Waals surface area (Å²) in [7, 11) is 0. The zero-order chi connectivity index (χ0) is 38.2. The Labute approximate surface area is 321 Å². The zero-order valence-electron chi connectivity index (χ0n) is 34.4. The van der Waals surface area contributed by atoms with Crippen molar-refractivity contribution in [2.45, 2.75) is 226 Å². The topological polar surface area (TPSA) is 93.1 Å². The summed E-state index contributed by atoms with van der Waals surface area (Å²) in [5, 5.41) is 19.9. The number of hydrogen-bond donors (Lipinski definition) is 2. The largest absolute Gasteiger partial charge is 0.463 e. The van der Waals surface area contributed by atoms with E-state index in [0.717, 1.165) is 70.1 Å². The van der Waals surface area contributed by atoms with E-state index < -0.39 is 12.2 Å². The molecular formula is C46H84O6. The van der Waals surface area contributed by atoms with E-state index in [9.17, 15) is 19.8 Å². The van der Waals surface area contributed by atoms with Crippen molar-refractivity contribution in [2.24, 2.45) is 5.92 Å². The van der Waals surface area contributed by atoms with Gasteiger partial charge in [0.1, 0.15) is 19.3 Å². The molecule has 0 aromatic carbocycles. The van der Waals surface area contributed by atoms with Gasteiger partial charge in [0.05, 0.1) is 6.10 Å². The molecule has 6 nitrogen and oxygen atoms in total. The molecule has 2 unspecified atom stereocenters. The first-order valence-corrected chi connectivity index (χ1v) is 22.0. The number of unbranched alkanes of at least 4 members (excludes halogenated alkanes) is 22. The summed E-state index contributed by atoms with van der Waals surface area (Å²) in [5.41, 5.74) is 0. The monoisotopic (exact) mass is 733 g/mol. The molecule has 0 spiro atoms. The SMILES string of the molecule is CC/C=C/CC(O)/C=C/C=C/CCCCCCCC(=O)OC[C@@H](O)COC(=O)CCCCCCCCCCCCCCCCCCCCC(C)CC. The maximum atomic E-state index is 12.0. The van der Waals surface area contributed by atoms with E-state index in [0.29, 0.717) is 19.3 Å². The lowest BCUT2D eigenvalue weighted by atomic mass is 9.99. The van der Waals surface area contributed by atoms with Gasteiger partial charge in [0.25, 0.3) is 0 Å². The second kappa shape index (κ2) is 40.3. The first-order chi connectivity index (χ1) is 25.4. The van der Waals surface area contributed by atoms with E-state index >= 15 is 0 Å². The van der Waals surface area contributed by atoms with Gasteiger partial charge < -0.3 is 19.7 Å². The van der Waals surface area contributed by atoms with Crippen LogP contribution in [0.5, 0.6) is 0 Å². The summed E-state index contributed by atoms with van der Waals surface area (Å²) in [6.45, 7) is 6.49. The first kappa shape index (κ1) is 50.1. The van der Waals surface area contributed by atoms with Crippen molar-refractivity contribution in [1.82, 2.24) is 0 Å². The summed E-state index contributed by atoms with van der Waals surface area (Å²) in [5.74, 6) is 0.301. The molecule has 0 aromatic heterocycles. The fraction of sp³-hybridized carbons (Fsp3) is 0.826. The highest BCUT2D eigenvalue weighted by Gasteiger charge is 2.12. The van der Waals surface area contributed by atoms with Crippen molar-refractivity contribution >= 4 is 11.9 Å². The predicted octanol–water partition coefficient (Wildman–Crippen LogP) is 12.8. The van der Waals surface area contributed by atoms with Crippen LogP contribution in [0.15, 0.2) is 36.5 Å². The molecule has 0 aromatic rings. The van der Waals surface area contributed by atoms with E-state index in [2.05, 4.69) is 32.9 Å². The normalized spacial score (nSPS) is 13.7. The van der Waals surface area contributed by atoms with Gasteiger partial charge in [-0.3, -0.25) is 9.59 Å². The summed E-state index contributed by atoms with van der Waals surface area (Å²) < 4.78 is 10.3. The Balaban J connectivity index is 3.44. The summed E-state index contributed by atoms with van der Waals surface area (Å²) in [4.78, 5) is 24.0. The van der Waals surface area contributed by atoms with Crippen molar-refractivity contribution in [2.75, 3.05) is 13.2 Å². The summed E-state index contributed by atoms with van der Waals surface area (Å²) in [6, 6.07) is 0.